The van der Waals surface area contributed by atoms with E-state index >= 15 is 0 Å². The first-order valence-electron chi connectivity index (χ1n) is 7.41. The van der Waals surface area contributed by atoms with Gasteiger partial charge < -0.3 is 21.7 Å². The summed E-state index contributed by atoms with van der Waals surface area (Å²) in [5, 5.41) is 3.83. The Morgan fingerprint density at radius 3 is 2.86 bits per heavy atom. The molecule has 1 aromatic heterocycles. The van der Waals surface area contributed by atoms with E-state index in [1.807, 2.05) is 13.8 Å². The van der Waals surface area contributed by atoms with Crippen molar-refractivity contribution in [3.63, 3.8) is 0 Å². The molecule has 1 amide bonds. The number of nitrogen functional groups attached to an aromatic ring is 1. The van der Waals surface area contributed by atoms with E-state index in [1.54, 1.807) is 0 Å². The Labute approximate surface area is 129 Å². The largest absolute Gasteiger partial charge is 0.382 e. The van der Waals surface area contributed by atoms with Gasteiger partial charge in [0, 0.05) is 24.7 Å². The topological polar surface area (TPSA) is 97.3 Å². The third-order valence-electron chi connectivity index (χ3n) is 3.67. The van der Waals surface area contributed by atoms with Crippen LogP contribution >= 0.6 is 11.3 Å². The Morgan fingerprint density at radius 2 is 2.29 bits per heavy atom. The number of carbonyl (C=O) groups is 1. The van der Waals surface area contributed by atoms with Crippen molar-refractivity contribution in [1.29, 1.82) is 0 Å². The molecule has 1 aliphatic heterocycles. The zero-order chi connectivity index (χ0) is 15.6. The van der Waals surface area contributed by atoms with Crippen LogP contribution in [0.3, 0.4) is 0 Å². The van der Waals surface area contributed by atoms with Crippen molar-refractivity contribution < 1.29 is 4.79 Å². The van der Waals surface area contributed by atoms with Crippen LogP contribution in [-0.4, -0.2) is 35.6 Å². The molecular formula is C14H25N5OS. The number of thiazole rings is 1. The van der Waals surface area contributed by atoms with Crippen molar-refractivity contribution in [1.82, 2.24) is 10.3 Å². The lowest BCUT2D eigenvalue weighted by Crippen LogP contribution is -2.43. The summed E-state index contributed by atoms with van der Waals surface area (Å²) in [6.07, 6.45) is 2.89. The number of nitrogens with one attached hydrogen (secondary N) is 1. The average Bonchev–Trinajstić information content (AvgIpc) is 2.94. The van der Waals surface area contributed by atoms with Gasteiger partial charge in [-0.15, -0.1) is 0 Å². The van der Waals surface area contributed by atoms with E-state index in [4.69, 9.17) is 11.5 Å². The summed E-state index contributed by atoms with van der Waals surface area (Å²) in [6.45, 7) is 7.79. The van der Waals surface area contributed by atoms with Crippen molar-refractivity contribution in [3.05, 3.63) is 4.88 Å². The first-order chi connectivity index (χ1) is 9.82. The molecule has 1 atom stereocenters. The number of rotatable bonds is 5. The summed E-state index contributed by atoms with van der Waals surface area (Å²) in [4.78, 5) is 19.3. The van der Waals surface area contributed by atoms with Gasteiger partial charge in [-0.25, -0.2) is 4.98 Å². The lowest BCUT2D eigenvalue weighted by Gasteiger charge is -2.25. The molecule has 7 heteroatoms. The van der Waals surface area contributed by atoms with E-state index in [0.717, 1.165) is 37.5 Å². The van der Waals surface area contributed by atoms with E-state index in [-0.39, 0.29) is 17.5 Å². The zero-order valence-electron chi connectivity index (χ0n) is 13.0. The molecule has 2 rings (SSSR count). The second-order valence-electron chi connectivity index (χ2n) is 6.29. The molecule has 1 aromatic rings. The number of aromatic nitrogens is 1. The Morgan fingerprint density at radius 1 is 1.57 bits per heavy atom. The van der Waals surface area contributed by atoms with Gasteiger partial charge in [-0.2, -0.15) is 0 Å². The summed E-state index contributed by atoms with van der Waals surface area (Å²) in [6, 6.07) is 0.177. The normalized spacial score (nSPS) is 19.0. The molecule has 0 aromatic carbocycles. The van der Waals surface area contributed by atoms with Gasteiger partial charge in [0.25, 0.3) is 5.91 Å². The molecular weight excluding hydrogens is 286 g/mol. The van der Waals surface area contributed by atoms with Gasteiger partial charge in [-0.1, -0.05) is 24.7 Å². The minimum Gasteiger partial charge on any atom is -0.382 e. The highest BCUT2D eigenvalue weighted by atomic mass is 32.1. The quantitative estimate of drug-likeness (QED) is 0.767. The molecule has 21 heavy (non-hydrogen) atoms. The van der Waals surface area contributed by atoms with Crippen LogP contribution in [0.2, 0.25) is 0 Å². The Kier molecular flexibility index (Phi) is 4.73. The van der Waals surface area contributed by atoms with Crippen LogP contribution in [0.5, 0.6) is 0 Å². The van der Waals surface area contributed by atoms with Crippen LogP contribution in [0, 0.1) is 0 Å². The van der Waals surface area contributed by atoms with Gasteiger partial charge in [0.1, 0.15) is 10.7 Å². The molecule has 0 radical (unpaired) electrons. The highest BCUT2D eigenvalue weighted by Gasteiger charge is 2.27. The lowest BCUT2D eigenvalue weighted by molar-refractivity contribution is 0.0914. The van der Waals surface area contributed by atoms with Crippen molar-refractivity contribution in [2.45, 2.75) is 51.6 Å². The van der Waals surface area contributed by atoms with Gasteiger partial charge in [-0.05, 0) is 26.7 Å². The van der Waals surface area contributed by atoms with E-state index in [9.17, 15) is 4.79 Å². The first-order valence-corrected chi connectivity index (χ1v) is 8.23. The lowest BCUT2D eigenvalue weighted by atomic mass is 9.99. The molecule has 1 unspecified atom stereocenters. The molecule has 0 aliphatic carbocycles. The Hall–Kier alpha value is -1.34. The minimum atomic E-state index is -0.238. The smallest absolute Gasteiger partial charge is 0.265 e. The second kappa shape index (κ2) is 6.19. The SMILES string of the molecule is CCCC(C)(C)NC(=O)c1sc(N2CCC(N)C2)nc1N. The van der Waals surface area contributed by atoms with Crippen LogP contribution in [0.1, 0.15) is 49.7 Å². The van der Waals surface area contributed by atoms with Gasteiger partial charge in [0.15, 0.2) is 5.13 Å². The summed E-state index contributed by atoms with van der Waals surface area (Å²) < 4.78 is 0. The zero-order valence-corrected chi connectivity index (χ0v) is 13.8. The number of nitrogens with two attached hydrogens (primary N) is 2. The molecule has 6 nitrogen and oxygen atoms in total. The number of anilines is 2. The molecule has 0 saturated carbocycles. The van der Waals surface area contributed by atoms with E-state index in [2.05, 4.69) is 22.1 Å². The number of carbonyl (C=O) groups excluding carboxylic acids is 1. The highest BCUT2D eigenvalue weighted by Crippen LogP contribution is 2.30. The van der Waals surface area contributed by atoms with Crippen molar-refractivity contribution in [2.75, 3.05) is 23.7 Å². The molecule has 0 spiro atoms. The molecule has 5 N–H and O–H groups in total. The van der Waals surface area contributed by atoms with Crippen molar-refractivity contribution in [2.24, 2.45) is 5.73 Å². The molecule has 1 saturated heterocycles. The molecule has 118 valence electrons. The Bertz CT molecular complexity index is 513. The first kappa shape index (κ1) is 16.0. The maximum Gasteiger partial charge on any atom is 0.265 e. The third kappa shape index (κ3) is 3.85. The van der Waals surface area contributed by atoms with Gasteiger partial charge in [-0.3, -0.25) is 4.79 Å². The Balaban J connectivity index is 2.10. The van der Waals surface area contributed by atoms with E-state index < -0.39 is 0 Å². The molecule has 1 fully saturated rings. The monoisotopic (exact) mass is 311 g/mol. The summed E-state index contributed by atoms with van der Waals surface area (Å²) >= 11 is 1.35. The molecule has 0 bridgehead atoms. The summed E-state index contributed by atoms with van der Waals surface area (Å²) in [7, 11) is 0. The van der Waals surface area contributed by atoms with Crippen molar-refractivity contribution >= 4 is 28.2 Å². The maximum atomic E-state index is 12.4. The number of hydrogen-bond acceptors (Lipinski definition) is 6. The molecule has 2 heterocycles. The van der Waals surface area contributed by atoms with Crippen LogP contribution in [0.25, 0.3) is 0 Å². The second-order valence-corrected chi connectivity index (χ2v) is 7.27. The fourth-order valence-electron chi connectivity index (χ4n) is 2.63. The average molecular weight is 311 g/mol. The fraction of sp³-hybridized carbons (Fsp3) is 0.714. The third-order valence-corrected chi connectivity index (χ3v) is 4.80. The van der Waals surface area contributed by atoms with E-state index in [0.29, 0.717) is 10.7 Å². The van der Waals surface area contributed by atoms with Crippen LogP contribution in [0.15, 0.2) is 0 Å². The summed E-state index contributed by atoms with van der Waals surface area (Å²) in [5.74, 6) is 0.165. The standard InChI is InChI=1S/C14H25N5OS/c1-4-6-14(2,3)18-12(20)10-11(16)17-13(21-10)19-7-5-9(15)8-19/h9H,4-8,15-16H2,1-3H3,(H,18,20). The van der Waals surface area contributed by atoms with Gasteiger partial charge >= 0.3 is 0 Å². The summed E-state index contributed by atoms with van der Waals surface area (Å²) in [5.41, 5.74) is 11.6. The fourth-order valence-corrected chi connectivity index (χ4v) is 3.55. The van der Waals surface area contributed by atoms with Crippen LogP contribution in [0.4, 0.5) is 10.9 Å². The van der Waals surface area contributed by atoms with Gasteiger partial charge in [0.05, 0.1) is 0 Å². The van der Waals surface area contributed by atoms with Crippen LogP contribution < -0.4 is 21.7 Å². The number of nitrogens with zero attached hydrogens (tertiary/aromatic N) is 2. The van der Waals surface area contributed by atoms with Gasteiger partial charge in [0.2, 0.25) is 0 Å². The molecule has 1 aliphatic rings. The number of amides is 1. The predicted molar refractivity (Wildman–Crippen MR) is 87.8 cm³/mol. The maximum absolute atomic E-state index is 12.4. The van der Waals surface area contributed by atoms with Crippen molar-refractivity contribution in [3.8, 4) is 0 Å². The minimum absolute atomic E-state index is 0.141. The van der Waals surface area contributed by atoms with Crippen LogP contribution in [-0.2, 0) is 0 Å². The highest BCUT2D eigenvalue weighted by molar-refractivity contribution is 7.18. The van der Waals surface area contributed by atoms with E-state index in [1.165, 1.54) is 11.3 Å². The number of hydrogen-bond donors (Lipinski definition) is 3. The predicted octanol–water partition coefficient (Wildman–Crippen LogP) is 1.57.